The van der Waals surface area contributed by atoms with Gasteiger partial charge in [-0.2, -0.15) is 10.2 Å². The number of rotatable bonds is 2. The first-order valence-corrected chi connectivity index (χ1v) is 6.53. The van der Waals surface area contributed by atoms with Gasteiger partial charge in [0.25, 0.3) is 5.91 Å². The molecule has 0 radical (unpaired) electrons. The fourth-order valence-corrected chi connectivity index (χ4v) is 2.57. The van der Waals surface area contributed by atoms with Crippen LogP contribution in [0.25, 0.3) is 0 Å². The minimum absolute atomic E-state index is 0.160. The zero-order valence-corrected chi connectivity index (χ0v) is 11.1. The number of aromatic nitrogens is 2. The van der Waals surface area contributed by atoms with Crippen molar-refractivity contribution in [3.05, 3.63) is 59.4 Å². The van der Waals surface area contributed by atoms with Crippen LogP contribution in [0, 0.1) is 0 Å². The van der Waals surface area contributed by atoms with Crippen LogP contribution in [0.5, 0.6) is 0 Å². The summed E-state index contributed by atoms with van der Waals surface area (Å²) < 4.78 is 0. The van der Waals surface area contributed by atoms with Gasteiger partial charge >= 0.3 is 5.97 Å². The van der Waals surface area contributed by atoms with Gasteiger partial charge in [-0.05, 0) is 17.2 Å². The molecule has 1 aromatic heterocycles. The Bertz CT molecular complexity index is 688. The Hall–Kier alpha value is -2.76. The van der Waals surface area contributed by atoms with Crippen molar-refractivity contribution in [2.45, 2.75) is 12.5 Å². The number of nitrogens with zero attached hydrogens (tertiary/aromatic N) is 3. The number of carbonyl (C=O) groups excluding carboxylic acids is 1. The van der Waals surface area contributed by atoms with Gasteiger partial charge in [-0.1, -0.05) is 24.3 Å². The normalized spacial score (nSPS) is 17.1. The number of benzene rings is 1. The van der Waals surface area contributed by atoms with Gasteiger partial charge in [-0.3, -0.25) is 9.59 Å². The topological polar surface area (TPSA) is 83.4 Å². The van der Waals surface area contributed by atoms with Gasteiger partial charge in [0.05, 0.1) is 23.9 Å². The highest BCUT2D eigenvalue weighted by Gasteiger charge is 2.32. The van der Waals surface area contributed by atoms with E-state index in [0.717, 1.165) is 11.1 Å². The van der Waals surface area contributed by atoms with E-state index in [4.69, 9.17) is 0 Å². The first kappa shape index (κ1) is 13.2. The van der Waals surface area contributed by atoms with Crippen LogP contribution in [-0.4, -0.2) is 38.6 Å². The summed E-state index contributed by atoms with van der Waals surface area (Å²) in [5.41, 5.74) is 2.06. The predicted octanol–water partition coefficient (Wildman–Crippen LogP) is 1.30. The summed E-state index contributed by atoms with van der Waals surface area (Å²) in [7, 11) is 0. The molecule has 2 heterocycles. The summed E-state index contributed by atoms with van der Waals surface area (Å²) in [4.78, 5) is 25.4. The highest BCUT2D eigenvalue weighted by molar-refractivity contribution is 5.94. The molecule has 0 spiro atoms. The van der Waals surface area contributed by atoms with E-state index in [1.165, 1.54) is 17.3 Å². The van der Waals surface area contributed by atoms with Gasteiger partial charge in [0, 0.05) is 13.1 Å². The van der Waals surface area contributed by atoms with Crippen molar-refractivity contribution in [3.63, 3.8) is 0 Å². The molecule has 0 aliphatic carbocycles. The summed E-state index contributed by atoms with van der Waals surface area (Å²) in [6.45, 7) is 0.564. The molecular formula is C15H13N3O3. The second-order valence-electron chi connectivity index (χ2n) is 4.91. The molecule has 106 valence electrons. The maximum atomic E-state index is 12.4. The summed E-state index contributed by atoms with van der Waals surface area (Å²) in [5.74, 6) is -1.85. The minimum atomic E-state index is -0.923. The average molecular weight is 283 g/mol. The number of carbonyl (C=O) groups is 2. The average Bonchev–Trinajstić information content (AvgIpc) is 2.53. The Kier molecular flexibility index (Phi) is 3.35. The monoisotopic (exact) mass is 283 g/mol. The summed E-state index contributed by atoms with van der Waals surface area (Å²) >= 11 is 0. The van der Waals surface area contributed by atoms with Crippen molar-refractivity contribution in [2.75, 3.05) is 6.54 Å². The molecule has 1 N–H and O–H groups in total. The molecule has 0 bridgehead atoms. The van der Waals surface area contributed by atoms with Crippen molar-refractivity contribution < 1.29 is 14.7 Å². The van der Waals surface area contributed by atoms with E-state index in [-0.39, 0.29) is 12.5 Å². The third-order valence-corrected chi connectivity index (χ3v) is 3.61. The Morgan fingerprint density at radius 1 is 1.19 bits per heavy atom. The Morgan fingerprint density at radius 3 is 2.71 bits per heavy atom. The maximum absolute atomic E-state index is 12.4. The second-order valence-corrected chi connectivity index (χ2v) is 4.91. The zero-order valence-electron chi connectivity index (χ0n) is 11.1. The number of fused-ring (bicyclic) bond motifs is 1. The highest BCUT2D eigenvalue weighted by atomic mass is 16.4. The molecule has 1 aliphatic heterocycles. The second kappa shape index (κ2) is 5.32. The van der Waals surface area contributed by atoms with E-state index in [9.17, 15) is 14.7 Å². The Labute approximate surface area is 121 Å². The maximum Gasteiger partial charge on any atom is 0.312 e. The summed E-state index contributed by atoms with van der Waals surface area (Å²) in [5, 5.41) is 16.7. The first-order chi connectivity index (χ1) is 10.2. The molecule has 3 rings (SSSR count). The van der Waals surface area contributed by atoms with Crippen LogP contribution in [0.15, 0.2) is 42.7 Å². The van der Waals surface area contributed by atoms with Gasteiger partial charge in [-0.25, -0.2) is 0 Å². The van der Waals surface area contributed by atoms with Gasteiger partial charge < -0.3 is 10.0 Å². The van der Waals surface area contributed by atoms with Gasteiger partial charge in [0.1, 0.15) is 0 Å². The third kappa shape index (κ3) is 2.47. The zero-order chi connectivity index (χ0) is 14.8. The lowest BCUT2D eigenvalue weighted by atomic mass is 9.89. The molecule has 2 aromatic rings. The lowest BCUT2D eigenvalue weighted by Crippen LogP contribution is -2.40. The molecule has 21 heavy (non-hydrogen) atoms. The number of hydrogen-bond donors (Lipinski definition) is 1. The van der Waals surface area contributed by atoms with Crippen molar-refractivity contribution in [2.24, 2.45) is 0 Å². The van der Waals surface area contributed by atoms with Crippen LogP contribution in [-0.2, 0) is 11.3 Å². The van der Waals surface area contributed by atoms with Crippen LogP contribution < -0.4 is 0 Å². The Morgan fingerprint density at radius 2 is 2.00 bits per heavy atom. The summed E-state index contributed by atoms with van der Waals surface area (Å²) in [6, 6.07) is 8.91. The molecule has 1 unspecified atom stereocenters. The largest absolute Gasteiger partial charge is 0.481 e. The van der Waals surface area contributed by atoms with E-state index in [2.05, 4.69) is 10.2 Å². The van der Waals surface area contributed by atoms with E-state index in [1.807, 2.05) is 24.3 Å². The molecular weight excluding hydrogens is 270 g/mol. The first-order valence-electron chi connectivity index (χ1n) is 6.53. The molecule has 1 amide bonds. The number of amides is 1. The van der Waals surface area contributed by atoms with E-state index in [0.29, 0.717) is 12.1 Å². The van der Waals surface area contributed by atoms with Crippen molar-refractivity contribution in [1.82, 2.24) is 15.1 Å². The van der Waals surface area contributed by atoms with Gasteiger partial charge in [0.15, 0.2) is 0 Å². The van der Waals surface area contributed by atoms with Crippen LogP contribution in [0.4, 0.5) is 0 Å². The van der Waals surface area contributed by atoms with Crippen LogP contribution in [0.1, 0.15) is 27.4 Å². The summed E-state index contributed by atoms with van der Waals surface area (Å²) in [6.07, 6.45) is 2.83. The van der Waals surface area contributed by atoms with E-state index >= 15 is 0 Å². The predicted molar refractivity (Wildman–Crippen MR) is 73.6 cm³/mol. The van der Waals surface area contributed by atoms with Crippen LogP contribution in [0.2, 0.25) is 0 Å². The van der Waals surface area contributed by atoms with E-state index < -0.39 is 11.9 Å². The molecule has 1 aromatic carbocycles. The van der Waals surface area contributed by atoms with Crippen LogP contribution >= 0.6 is 0 Å². The molecule has 1 aliphatic rings. The van der Waals surface area contributed by atoms with Crippen LogP contribution in [0.3, 0.4) is 0 Å². The SMILES string of the molecule is O=C(O)C1CN(C(=O)c2ccnnc2)Cc2ccccc21. The minimum Gasteiger partial charge on any atom is -0.481 e. The molecule has 0 fully saturated rings. The Balaban J connectivity index is 1.93. The number of hydrogen-bond acceptors (Lipinski definition) is 4. The van der Waals surface area contributed by atoms with Crippen molar-refractivity contribution >= 4 is 11.9 Å². The fourth-order valence-electron chi connectivity index (χ4n) is 2.57. The van der Waals surface area contributed by atoms with Gasteiger partial charge in [-0.15, -0.1) is 0 Å². The molecule has 6 heteroatoms. The number of aliphatic carboxylic acids is 1. The smallest absolute Gasteiger partial charge is 0.312 e. The van der Waals surface area contributed by atoms with Crippen molar-refractivity contribution in [1.29, 1.82) is 0 Å². The lowest BCUT2D eigenvalue weighted by molar-refractivity contribution is -0.139. The van der Waals surface area contributed by atoms with E-state index in [1.54, 1.807) is 6.07 Å². The molecule has 6 nitrogen and oxygen atoms in total. The number of carboxylic acid groups (broad SMARTS) is 1. The van der Waals surface area contributed by atoms with Gasteiger partial charge in [0.2, 0.25) is 0 Å². The lowest BCUT2D eigenvalue weighted by Gasteiger charge is -2.32. The standard InChI is InChI=1S/C15H13N3O3/c19-14(10-5-6-16-17-7-10)18-8-11-3-1-2-4-12(11)13(9-18)15(20)21/h1-7,13H,8-9H2,(H,20,21). The molecule has 1 atom stereocenters. The fraction of sp³-hybridized carbons (Fsp3) is 0.200. The third-order valence-electron chi connectivity index (χ3n) is 3.61. The molecule has 0 saturated heterocycles. The van der Waals surface area contributed by atoms with Crippen molar-refractivity contribution in [3.8, 4) is 0 Å². The molecule has 0 saturated carbocycles. The quantitative estimate of drug-likeness (QED) is 0.898. The highest BCUT2D eigenvalue weighted by Crippen LogP contribution is 2.29. The number of carboxylic acids is 1.